The van der Waals surface area contributed by atoms with Crippen LogP contribution >= 0.6 is 0 Å². The Kier molecular flexibility index (Phi) is 3.80. The summed E-state index contributed by atoms with van der Waals surface area (Å²) in [6.45, 7) is 5.96. The quantitative estimate of drug-likeness (QED) is 0.928. The number of carbonyl (C=O) groups excluding carboxylic acids is 1. The fourth-order valence-corrected chi connectivity index (χ4v) is 3.20. The van der Waals surface area contributed by atoms with Crippen molar-refractivity contribution in [3.05, 3.63) is 42.3 Å². The molecule has 2 aliphatic rings. The minimum absolute atomic E-state index is 0.152. The van der Waals surface area contributed by atoms with E-state index in [9.17, 15) is 13.6 Å². The normalized spacial score (nSPS) is 24.4. The van der Waals surface area contributed by atoms with Gasteiger partial charge in [0.15, 0.2) is 0 Å². The summed E-state index contributed by atoms with van der Waals surface area (Å²) in [5.74, 6) is -0.857. The summed E-state index contributed by atoms with van der Waals surface area (Å²) in [6.07, 6.45) is 1.24. The van der Waals surface area contributed by atoms with Gasteiger partial charge >= 0.3 is 6.03 Å². The molecule has 4 nitrogen and oxygen atoms in total. The van der Waals surface area contributed by atoms with Crippen LogP contribution in [-0.4, -0.2) is 41.6 Å². The topological polar surface area (TPSA) is 35.6 Å². The van der Waals surface area contributed by atoms with Gasteiger partial charge in [-0.1, -0.05) is 0 Å². The van der Waals surface area contributed by atoms with Crippen molar-refractivity contribution in [2.75, 3.05) is 19.6 Å². The molecule has 0 spiro atoms. The van der Waals surface area contributed by atoms with Crippen molar-refractivity contribution in [3.8, 4) is 0 Å². The first-order valence-electron chi connectivity index (χ1n) is 7.16. The summed E-state index contributed by atoms with van der Waals surface area (Å²) < 4.78 is 27.4. The molecule has 1 N–H and O–H groups in total. The minimum Gasteiger partial charge on any atom is -0.336 e. The van der Waals surface area contributed by atoms with Crippen LogP contribution in [0.2, 0.25) is 0 Å². The SMILES string of the molecule is [CH2]C(N1CCNC1=O)N1CCC[C@@H]1c1cc(F)ccc1F. The number of hydrogen-bond acceptors (Lipinski definition) is 2. The average molecular weight is 294 g/mol. The molecule has 2 heterocycles. The van der Waals surface area contributed by atoms with Crippen molar-refractivity contribution >= 4 is 6.03 Å². The van der Waals surface area contributed by atoms with Gasteiger partial charge in [0.25, 0.3) is 0 Å². The molecule has 1 unspecified atom stereocenters. The third-order valence-corrected chi connectivity index (χ3v) is 4.24. The average Bonchev–Trinajstić information content (AvgIpc) is 3.09. The van der Waals surface area contributed by atoms with Gasteiger partial charge in [-0.3, -0.25) is 4.90 Å². The van der Waals surface area contributed by atoms with Crippen LogP contribution in [0.1, 0.15) is 24.4 Å². The number of nitrogens with one attached hydrogen (secondary N) is 1. The summed E-state index contributed by atoms with van der Waals surface area (Å²) in [5, 5.41) is 2.74. The Labute approximate surface area is 122 Å². The van der Waals surface area contributed by atoms with Gasteiger partial charge in [-0.2, -0.15) is 0 Å². The maximum atomic E-state index is 14.0. The summed E-state index contributed by atoms with van der Waals surface area (Å²) in [6, 6.07) is 3.13. The first kappa shape index (κ1) is 14.3. The fourth-order valence-electron chi connectivity index (χ4n) is 3.20. The number of nitrogens with zero attached hydrogens (tertiary/aromatic N) is 2. The molecule has 0 saturated carbocycles. The highest BCUT2D eigenvalue weighted by Crippen LogP contribution is 2.36. The van der Waals surface area contributed by atoms with E-state index in [4.69, 9.17) is 0 Å². The Morgan fingerprint density at radius 3 is 2.86 bits per heavy atom. The molecule has 1 aromatic rings. The van der Waals surface area contributed by atoms with Crippen molar-refractivity contribution in [2.24, 2.45) is 0 Å². The largest absolute Gasteiger partial charge is 0.336 e. The number of halogens is 2. The standard InChI is InChI=1S/C15H18F2N3O/c1-10(20-8-6-18-15(20)21)19-7-2-3-14(19)12-9-11(16)4-5-13(12)17/h4-5,9-10,14H,1-3,6-8H2,(H,18,21)/t10?,14-/m1/s1. The maximum Gasteiger partial charge on any atom is 0.318 e. The predicted molar refractivity (Wildman–Crippen MR) is 74.3 cm³/mol. The highest BCUT2D eigenvalue weighted by Gasteiger charge is 2.36. The molecule has 2 fully saturated rings. The number of likely N-dealkylation sites (tertiary alicyclic amines) is 1. The van der Waals surface area contributed by atoms with Gasteiger partial charge in [0.2, 0.25) is 0 Å². The van der Waals surface area contributed by atoms with Crippen LogP contribution in [0.3, 0.4) is 0 Å². The van der Waals surface area contributed by atoms with Crippen LogP contribution < -0.4 is 5.32 Å². The van der Waals surface area contributed by atoms with Gasteiger partial charge in [-0.05, 0) is 38.0 Å². The Morgan fingerprint density at radius 2 is 2.14 bits per heavy atom. The summed E-state index contributed by atoms with van der Waals surface area (Å²) in [5.41, 5.74) is 0.348. The van der Waals surface area contributed by atoms with Crippen molar-refractivity contribution in [1.29, 1.82) is 0 Å². The zero-order chi connectivity index (χ0) is 15.0. The molecule has 0 aliphatic carbocycles. The van der Waals surface area contributed by atoms with Crippen molar-refractivity contribution < 1.29 is 13.6 Å². The molecule has 2 amide bonds. The lowest BCUT2D eigenvalue weighted by Crippen LogP contribution is -2.47. The van der Waals surface area contributed by atoms with Crippen molar-refractivity contribution in [1.82, 2.24) is 15.1 Å². The molecule has 1 aromatic carbocycles. The third kappa shape index (κ3) is 2.60. The summed E-state index contributed by atoms with van der Waals surface area (Å²) in [7, 11) is 0. The van der Waals surface area contributed by atoms with E-state index in [-0.39, 0.29) is 18.2 Å². The van der Waals surface area contributed by atoms with E-state index in [1.165, 1.54) is 6.07 Å². The zero-order valence-corrected chi connectivity index (χ0v) is 11.7. The molecule has 1 radical (unpaired) electrons. The van der Waals surface area contributed by atoms with Crippen LogP contribution in [-0.2, 0) is 0 Å². The lowest BCUT2D eigenvalue weighted by molar-refractivity contribution is 0.0970. The monoisotopic (exact) mass is 294 g/mol. The van der Waals surface area contributed by atoms with Crippen LogP contribution in [0.5, 0.6) is 0 Å². The van der Waals surface area contributed by atoms with Crippen LogP contribution in [0.15, 0.2) is 18.2 Å². The molecule has 2 saturated heterocycles. The Balaban J connectivity index is 1.85. The highest BCUT2D eigenvalue weighted by molar-refractivity contribution is 5.76. The second-order valence-corrected chi connectivity index (χ2v) is 5.47. The molecular formula is C15H18F2N3O. The Morgan fingerprint density at radius 1 is 1.33 bits per heavy atom. The number of amides is 2. The summed E-state index contributed by atoms with van der Waals surface area (Å²) in [4.78, 5) is 15.4. The minimum atomic E-state index is -0.447. The first-order chi connectivity index (χ1) is 10.1. The number of hydrogen-bond donors (Lipinski definition) is 1. The molecule has 2 aliphatic heterocycles. The molecule has 113 valence electrons. The Bertz CT molecular complexity index is 552. The van der Waals surface area contributed by atoms with Gasteiger partial charge in [0.1, 0.15) is 11.6 Å². The molecular weight excluding hydrogens is 276 g/mol. The number of urea groups is 1. The second-order valence-electron chi connectivity index (χ2n) is 5.47. The smallest absolute Gasteiger partial charge is 0.318 e. The summed E-state index contributed by atoms with van der Waals surface area (Å²) >= 11 is 0. The lowest BCUT2D eigenvalue weighted by atomic mass is 10.0. The zero-order valence-electron chi connectivity index (χ0n) is 11.7. The van der Waals surface area contributed by atoms with E-state index in [1.54, 1.807) is 4.90 Å². The third-order valence-electron chi connectivity index (χ3n) is 4.24. The second kappa shape index (κ2) is 5.60. The number of carbonyl (C=O) groups is 1. The van der Waals surface area contributed by atoms with Gasteiger partial charge in [0, 0.05) is 31.2 Å². The van der Waals surface area contributed by atoms with Gasteiger partial charge in [-0.15, -0.1) is 0 Å². The van der Waals surface area contributed by atoms with Gasteiger partial charge < -0.3 is 10.2 Å². The van der Waals surface area contributed by atoms with E-state index < -0.39 is 11.6 Å². The van der Waals surface area contributed by atoms with E-state index in [2.05, 4.69) is 12.2 Å². The molecule has 3 rings (SSSR count). The number of rotatable bonds is 3. The van der Waals surface area contributed by atoms with Gasteiger partial charge in [0.05, 0.1) is 6.17 Å². The van der Waals surface area contributed by atoms with E-state index in [0.29, 0.717) is 18.7 Å². The van der Waals surface area contributed by atoms with E-state index >= 15 is 0 Å². The van der Waals surface area contributed by atoms with Gasteiger partial charge in [-0.25, -0.2) is 13.6 Å². The fraction of sp³-hybridized carbons (Fsp3) is 0.467. The molecule has 0 aromatic heterocycles. The molecule has 6 heteroatoms. The van der Waals surface area contributed by atoms with Crippen LogP contribution in [0.25, 0.3) is 0 Å². The molecule has 0 bridgehead atoms. The van der Waals surface area contributed by atoms with Crippen molar-refractivity contribution in [2.45, 2.75) is 25.0 Å². The van der Waals surface area contributed by atoms with Crippen LogP contribution in [0.4, 0.5) is 13.6 Å². The maximum absolute atomic E-state index is 14.0. The van der Waals surface area contributed by atoms with Crippen molar-refractivity contribution in [3.63, 3.8) is 0 Å². The lowest BCUT2D eigenvalue weighted by Gasteiger charge is -2.36. The molecule has 21 heavy (non-hydrogen) atoms. The highest BCUT2D eigenvalue weighted by atomic mass is 19.1. The molecule has 2 atom stereocenters. The van der Waals surface area contributed by atoms with E-state index in [0.717, 1.165) is 31.5 Å². The number of benzene rings is 1. The van der Waals surface area contributed by atoms with Crippen LogP contribution in [0, 0.1) is 18.6 Å². The predicted octanol–water partition coefficient (Wildman–Crippen LogP) is 2.29. The first-order valence-corrected chi connectivity index (χ1v) is 7.16. The Hall–Kier alpha value is -1.69. The van der Waals surface area contributed by atoms with E-state index in [1.807, 2.05) is 4.90 Å².